The summed E-state index contributed by atoms with van der Waals surface area (Å²) in [7, 11) is 0. The lowest BCUT2D eigenvalue weighted by Crippen LogP contribution is -2.14. The molecule has 2 heterocycles. The predicted octanol–water partition coefficient (Wildman–Crippen LogP) is 4.53. The van der Waals surface area contributed by atoms with Crippen molar-refractivity contribution >= 4 is 22.4 Å². The van der Waals surface area contributed by atoms with E-state index in [0.29, 0.717) is 23.0 Å². The van der Waals surface area contributed by atoms with Gasteiger partial charge in [0, 0.05) is 17.4 Å². The number of amides is 1. The molecule has 1 aromatic heterocycles. The van der Waals surface area contributed by atoms with Crippen molar-refractivity contribution in [3.8, 4) is 22.8 Å². The second-order valence-electron chi connectivity index (χ2n) is 6.18. The molecule has 4 rings (SSSR count). The first-order valence-electron chi connectivity index (χ1n) is 8.62. The first-order chi connectivity index (χ1) is 13.6. The van der Waals surface area contributed by atoms with Gasteiger partial charge in [-0.25, -0.2) is 4.98 Å². The third kappa shape index (κ3) is 4.12. The van der Waals surface area contributed by atoms with E-state index in [1.54, 1.807) is 23.6 Å². The number of aromatic nitrogens is 1. The van der Waals surface area contributed by atoms with Crippen molar-refractivity contribution in [3.05, 3.63) is 59.0 Å². The molecule has 5 nitrogen and oxygen atoms in total. The van der Waals surface area contributed by atoms with Gasteiger partial charge in [0.15, 0.2) is 5.13 Å². The molecule has 0 fully saturated rings. The molecule has 2 aromatic carbocycles. The van der Waals surface area contributed by atoms with Crippen LogP contribution in [0.25, 0.3) is 11.3 Å². The quantitative estimate of drug-likeness (QED) is 0.658. The number of para-hydroxylation sites is 1. The molecule has 144 valence electrons. The van der Waals surface area contributed by atoms with E-state index >= 15 is 0 Å². The van der Waals surface area contributed by atoms with Gasteiger partial charge in [-0.05, 0) is 29.3 Å². The third-order valence-corrected chi connectivity index (χ3v) is 5.01. The summed E-state index contributed by atoms with van der Waals surface area (Å²) in [6.07, 6.45) is 1.06. The van der Waals surface area contributed by atoms with E-state index in [1.807, 2.05) is 18.2 Å². The Hall–Kier alpha value is -3.00. The van der Waals surface area contributed by atoms with E-state index in [-0.39, 0.29) is 18.1 Å². The van der Waals surface area contributed by atoms with Crippen LogP contribution in [0.1, 0.15) is 11.1 Å². The standard InChI is InChI=1S/C20H16F2N2O3S/c21-19(22)27-17-4-2-1-3-14(17)15-11-28-20(23-15)24-18(25)10-12-5-6-16-13(9-12)7-8-26-16/h1-6,9,11,19H,7-8,10H2,(H,23,24,25). The Kier molecular flexibility index (Phi) is 5.21. The van der Waals surface area contributed by atoms with Crippen LogP contribution in [0.15, 0.2) is 47.8 Å². The molecule has 1 aliphatic rings. The minimum Gasteiger partial charge on any atom is -0.493 e. The minimum atomic E-state index is -2.92. The van der Waals surface area contributed by atoms with Gasteiger partial charge in [-0.15, -0.1) is 11.3 Å². The van der Waals surface area contributed by atoms with E-state index in [2.05, 4.69) is 15.0 Å². The van der Waals surface area contributed by atoms with E-state index in [4.69, 9.17) is 4.74 Å². The largest absolute Gasteiger partial charge is 0.493 e. The van der Waals surface area contributed by atoms with Crippen LogP contribution in [0, 0.1) is 0 Å². The second-order valence-corrected chi connectivity index (χ2v) is 7.04. The van der Waals surface area contributed by atoms with E-state index in [1.165, 1.54) is 17.4 Å². The number of anilines is 1. The number of carbonyl (C=O) groups is 1. The van der Waals surface area contributed by atoms with Gasteiger partial charge in [-0.2, -0.15) is 8.78 Å². The highest BCUT2D eigenvalue weighted by atomic mass is 32.1. The molecule has 8 heteroatoms. The molecular formula is C20H16F2N2O3S. The van der Waals surface area contributed by atoms with Gasteiger partial charge in [0.05, 0.1) is 18.7 Å². The molecule has 0 unspecified atom stereocenters. The van der Waals surface area contributed by atoms with Crippen LogP contribution in [0.4, 0.5) is 13.9 Å². The maximum atomic E-state index is 12.6. The van der Waals surface area contributed by atoms with Gasteiger partial charge < -0.3 is 14.8 Å². The number of hydrogen-bond acceptors (Lipinski definition) is 5. The zero-order chi connectivity index (χ0) is 19.5. The first-order valence-corrected chi connectivity index (χ1v) is 9.50. The Morgan fingerprint density at radius 1 is 1.29 bits per heavy atom. The van der Waals surface area contributed by atoms with Crippen LogP contribution in [0.5, 0.6) is 11.5 Å². The molecule has 0 radical (unpaired) electrons. The fourth-order valence-electron chi connectivity index (χ4n) is 3.03. The highest BCUT2D eigenvalue weighted by molar-refractivity contribution is 7.14. The van der Waals surface area contributed by atoms with Crippen molar-refractivity contribution in [1.82, 2.24) is 4.98 Å². The maximum absolute atomic E-state index is 12.6. The average Bonchev–Trinajstić information content (AvgIpc) is 3.30. The number of ether oxygens (including phenoxy) is 2. The van der Waals surface area contributed by atoms with E-state index in [0.717, 1.165) is 23.3 Å². The summed E-state index contributed by atoms with van der Waals surface area (Å²) in [6.45, 7) is -2.25. The van der Waals surface area contributed by atoms with Gasteiger partial charge in [-0.1, -0.05) is 24.3 Å². The molecule has 1 amide bonds. The monoisotopic (exact) mass is 402 g/mol. The fourth-order valence-corrected chi connectivity index (χ4v) is 3.76. The van der Waals surface area contributed by atoms with Crippen molar-refractivity contribution in [2.24, 2.45) is 0 Å². The Morgan fingerprint density at radius 3 is 3.00 bits per heavy atom. The summed E-state index contributed by atoms with van der Waals surface area (Å²) in [5, 5.41) is 4.85. The number of benzene rings is 2. The van der Waals surface area contributed by atoms with Crippen molar-refractivity contribution in [3.63, 3.8) is 0 Å². The second kappa shape index (κ2) is 7.93. The van der Waals surface area contributed by atoms with Crippen LogP contribution < -0.4 is 14.8 Å². The molecule has 3 aromatic rings. The summed E-state index contributed by atoms with van der Waals surface area (Å²) in [5.74, 6) is 0.719. The number of nitrogens with zero attached hydrogens (tertiary/aromatic N) is 1. The number of nitrogens with one attached hydrogen (secondary N) is 1. The van der Waals surface area contributed by atoms with Crippen LogP contribution in [-0.2, 0) is 17.6 Å². The lowest BCUT2D eigenvalue weighted by Gasteiger charge is -2.08. The molecule has 1 aliphatic heterocycles. The Bertz CT molecular complexity index is 1010. The molecule has 0 bridgehead atoms. The average molecular weight is 402 g/mol. The summed E-state index contributed by atoms with van der Waals surface area (Å²) < 4.78 is 35.2. The summed E-state index contributed by atoms with van der Waals surface area (Å²) >= 11 is 1.22. The van der Waals surface area contributed by atoms with Gasteiger partial charge in [0.2, 0.25) is 5.91 Å². The molecule has 0 saturated heterocycles. The first kappa shape index (κ1) is 18.4. The van der Waals surface area contributed by atoms with Crippen molar-refractivity contribution in [2.75, 3.05) is 11.9 Å². The molecule has 1 N–H and O–H groups in total. The zero-order valence-corrected chi connectivity index (χ0v) is 15.5. The lowest BCUT2D eigenvalue weighted by atomic mass is 10.1. The van der Waals surface area contributed by atoms with Gasteiger partial charge in [0.25, 0.3) is 0 Å². The van der Waals surface area contributed by atoms with Gasteiger partial charge in [0.1, 0.15) is 11.5 Å². The van der Waals surface area contributed by atoms with Crippen molar-refractivity contribution < 1.29 is 23.0 Å². The third-order valence-electron chi connectivity index (χ3n) is 4.25. The number of rotatable bonds is 6. The molecule has 0 spiro atoms. The Labute approximate surface area is 163 Å². The van der Waals surface area contributed by atoms with E-state index < -0.39 is 6.61 Å². The van der Waals surface area contributed by atoms with Crippen molar-refractivity contribution in [1.29, 1.82) is 0 Å². The van der Waals surface area contributed by atoms with Crippen LogP contribution in [0.3, 0.4) is 0 Å². The molecule has 0 saturated carbocycles. The number of hydrogen-bond donors (Lipinski definition) is 1. The highest BCUT2D eigenvalue weighted by Crippen LogP contribution is 2.33. The molecule has 28 heavy (non-hydrogen) atoms. The number of alkyl halides is 2. The van der Waals surface area contributed by atoms with Crippen LogP contribution >= 0.6 is 11.3 Å². The smallest absolute Gasteiger partial charge is 0.387 e. The molecule has 0 atom stereocenters. The van der Waals surface area contributed by atoms with Crippen LogP contribution in [-0.4, -0.2) is 24.1 Å². The van der Waals surface area contributed by atoms with Crippen LogP contribution in [0.2, 0.25) is 0 Å². The molecular weight excluding hydrogens is 386 g/mol. The summed E-state index contributed by atoms with van der Waals surface area (Å²) in [4.78, 5) is 16.7. The summed E-state index contributed by atoms with van der Waals surface area (Å²) in [5.41, 5.74) is 2.91. The lowest BCUT2D eigenvalue weighted by molar-refractivity contribution is -0.115. The highest BCUT2D eigenvalue weighted by Gasteiger charge is 2.16. The van der Waals surface area contributed by atoms with E-state index in [9.17, 15) is 13.6 Å². The number of carbonyl (C=O) groups excluding carboxylic acids is 1. The fraction of sp³-hybridized carbons (Fsp3) is 0.200. The zero-order valence-electron chi connectivity index (χ0n) is 14.7. The normalized spacial score (nSPS) is 12.5. The SMILES string of the molecule is O=C(Cc1ccc2c(c1)CCO2)Nc1nc(-c2ccccc2OC(F)F)cs1. The van der Waals surface area contributed by atoms with Gasteiger partial charge in [-0.3, -0.25) is 4.79 Å². The number of thiazole rings is 1. The van der Waals surface area contributed by atoms with Gasteiger partial charge >= 0.3 is 6.61 Å². The number of fused-ring (bicyclic) bond motifs is 1. The Balaban J connectivity index is 1.44. The minimum absolute atomic E-state index is 0.0426. The molecule has 0 aliphatic carbocycles. The maximum Gasteiger partial charge on any atom is 0.387 e. The Morgan fingerprint density at radius 2 is 2.14 bits per heavy atom. The number of halogens is 2. The summed E-state index contributed by atoms with van der Waals surface area (Å²) in [6, 6.07) is 12.1. The predicted molar refractivity (Wildman–Crippen MR) is 102 cm³/mol. The van der Waals surface area contributed by atoms with Crippen molar-refractivity contribution in [2.45, 2.75) is 19.5 Å². The topological polar surface area (TPSA) is 60.5 Å².